The van der Waals surface area contributed by atoms with Gasteiger partial charge in [0.25, 0.3) is 0 Å². The number of pyridine rings is 1. The number of rotatable bonds is 2. The Labute approximate surface area is 119 Å². The summed E-state index contributed by atoms with van der Waals surface area (Å²) < 4.78 is 7.41. The van der Waals surface area contributed by atoms with Crippen molar-refractivity contribution in [2.75, 3.05) is 7.11 Å². The predicted molar refractivity (Wildman–Crippen MR) is 74.6 cm³/mol. The first-order valence-electron chi connectivity index (χ1n) is 5.73. The number of halogens is 1. The van der Waals surface area contributed by atoms with Gasteiger partial charge in [-0.15, -0.1) is 0 Å². The molecule has 0 radical (unpaired) electrons. The molecule has 0 amide bonds. The molecule has 0 fully saturated rings. The van der Waals surface area contributed by atoms with Crippen molar-refractivity contribution in [1.82, 2.24) is 14.8 Å². The summed E-state index contributed by atoms with van der Waals surface area (Å²) in [5.74, 6) is 0.294. The quantitative estimate of drug-likeness (QED) is 0.797. The summed E-state index contributed by atoms with van der Waals surface area (Å²) >= 11 is 3.48. The van der Waals surface area contributed by atoms with Gasteiger partial charge in [0, 0.05) is 0 Å². The van der Waals surface area contributed by atoms with Crippen molar-refractivity contribution in [3.05, 3.63) is 39.3 Å². The van der Waals surface area contributed by atoms with Gasteiger partial charge in [-0.1, -0.05) is 0 Å². The topological polar surface area (TPSA) is 57.0 Å². The fourth-order valence-electron chi connectivity index (χ4n) is 1.84. The molecule has 0 aliphatic rings. The Balaban J connectivity index is 2.50. The zero-order chi connectivity index (χ0) is 14.2. The Bertz CT molecular complexity index is 650. The maximum absolute atomic E-state index is 11.5. The van der Waals surface area contributed by atoms with Crippen LogP contribution in [-0.2, 0) is 4.74 Å². The van der Waals surface area contributed by atoms with Crippen LogP contribution in [0.2, 0.25) is 0 Å². The highest BCUT2D eigenvalue weighted by Crippen LogP contribution is 2.22. The zero-order valence-electron chi connectivity index (χ0n) is 11.2. The van der Waals surface area contributed by atoms with E-state index in [1.807, 2.05) is 13.8 Å². The first-order chi connectivity index (χ1) is 8.95. The highest BCUT2D eigenvalue weighted by molar-refractivity contribution is 9.10. The molecule has 0 aromatic carbocycles. The van der Waals surface area contributed by atoms with Crippen LogP contribution >= 0.6 is 15.9 Å². The van der Waals surface area contributed by atoms with Crippen LogP contribution in [0.25, 0.3) is 5.82 Å². The molecule has 0 spiro atoms. The molecular weight excluding hydrogens is 310 g/mol. The zero-order valence-corrected chi connectivity index (χ0v) is 12.8. The van der Waals surface area contributed by atoms with Gasteiger partial charge in [-0.2, -0.15) is 5.10 Å². The third kappa shape index (κ3) is 2.40. The molecule has 0 aliphatic carbocycles. The molecule has 0 atom stereocenters. The molecule has 0 aliphatic heterocycles. The normalized spacial score (nSPS) is 10.6. The SMILES string of the molecule is COC(=O)c1ccc(-n2nc(C)c(Br)c2C)nc1C. The van der Waals surface area contributed by atoms with Gasteiger partial charge in [0.15, 0.2) is 5.82 Å². The van der Waals surface area contributed by atoms with Crippen molar-refractivity contribution in [1.29, 1.82) is 0 Å². The Hall–Kier alpha value is -1.69. The summed E-state index contributed by atoms with van der Waals surface area (Å²) in [6.45, 7) is 5.65. The number of aryl methyl sites for hydroxylation is 2. The summed E-state index contributed by atoms with van der Waals surface area (Å²) in [4.78, 5) is 15.9. The number of aromatic nitrogens is 3. The van der Waals surface area contributed by atoms with E-state index < -0.39 is 0 Å². The minimum atomic E-state index is -0.383. The number of hydrogen-bond donors (Lipinski definition) is 0. The van der Waals surface area contributed by atoms with Crippen molar-refractivity contribution >= 4 is 21.9 Å². The number of carbonyl (C=O) groups excluding carboxylic acids is 1. The van der Waals surface area contributed by atoms with E-state index in [0.29, 0.717) is 17.1 Å². The Kier molecular flexibility index (Phi) is 3.71. The van der Waals surface area contributed by atoms with Crippen LogP contribution < -0.4 is 0 Å². The van der Waals surface area contributed by atoms with Crippen LogP contribution in [-0.4, -0.2) is 27.8 Å². The molecule has 6 heteroatoms. The fraction of sp³-hybridized carbons (Fsp3) is 0.308. The molecule has 2 aromatic heterocycles. The van der Waals surface area contributed by atoms with E-state index in [4.69, 9.17) is 4.74 Å². The lowest BCUT2D eigenvalue weighted by molar-refractivity contribution is 0.0599. The average molecular weight is 324 g/mol. The van der Waals surface area contributed by atoms with E-state index in [0.717, 1.165) is 15.9 Å². The fourth-order valence-corrected chi connectivity index (χ4v) is 2.09. The maximum Gasteiger partial charge on any atom is 0.339 e. The summed E-state index contributed by atoms with van der Waals surface area (Å²) in [6, 6.07) is 3.46. The van der Waals surface area contributed by atoms with E-state index in [-0.39, 0.29) is 5.97 Å². The van der Waals surface area contributed by atoms with Crippen LogP contribution in [0.4, 0.5) is 0 Å². The summed E-state index contributed by atoms with van der Waals surface area (Å²) in [6.07, 6.45) is 0. The van der Waals surface area contributed by atoms with E-state index in [1.54, 1.807) is 23.7 Å². The van der Waals surface area contributed by atoms with Crippen LogP contribution in [0.5, 0.6) is 0 Å². The second-order valence-corrected chi connectivity index (χ2v) is 4.98. The average Bonchev–Trinajstić information content (AvgIpc) is 2.65. The van der Waals surface area contributed by atoms with Crippen LogP contribution in [0, 0.1) is 20.8 Å². The van der Waals surface area contributed by atoms with Gasteiger partial charge >= 0.3 is 5.97 Å². The monoisotopic (exact) mass is 323 g/mol. The molecule has 0 unspecified atom stereocenters. The van der Waals surface area contributed by atoms with Crippen LogP contribution in [0.15, 0.2) is 16.6 Å². The van der Waals surface area contributed by atoms with Crippen molar-refractivity contribution in [3.63, 3.8) is 0 Å². The molecule has 2 rings (SSSR count). The van der Waals surface area contributed by atoms with Gasteiger partial charge in [-0.05, 0) is 48.8 Å². The second-order valence-electron chi connectivity index (χ2n) is 4.19. The third-order valence-corrected chi connectivity index (χ3v) is 4.04. The lowest BCUT2D eigenvalue weighted by atomic mass is 10.2. The number of methoxy groups -OCH3 is 1. The van der Waals surface area contributed by atoms with E-state index in [9.17, 15) is 4.79 Å². The van der Waals surface area contributed by atoms with E-state index in [1.165, 1.54) is 7.11 Å². The van der Waals surface area contributed by atoms with Gasteiger partial charge in [0.2, 0.25) is 0 Å². The van der Waals surface area contributed by atoms with Gasteiger partial charge in [0.05, 0.1) is 34.2 Å². The largest absolute Gasteiger partial charge is 0.465 e. The van der Waals surface area contributed by atoms with E-state index >= 15 is 0 Å². The smallest absolute Gasteiger partial charge is 0.339 e. The maximum atomic E-state index is 11.5. The first-order valence-corrected chi connectivity index (χ1v) is 6.53. The molecule has 0 saturated heterocycles. The van der Waals surface area contributed by atoms with E-state index in [2.05, 4.69) is 26.0 Å². The standard InChI is InChI=1S/C13H14BrN3O2/c1-7-10(13(18)19-4)5-6-11(15-7)17-9(3)12(14)8(2)16-17/h5-6H,1-4H3. The van der Waals surface area contributed by atoms with Crippen molar-refractivity contribution in [3.8, 4) is 5.82 Å². The molecule has 19 heavy (non-hydrogen) atoms. The molecule has 2 aromatic rings. The number of nitrogens with zero attached hydrogens (tertiary/aromatic N) is 3. The lowest BCUT2D eigenvalue weighted by Gasteiger charge is -2.07. The second kappa shape index (κ2) is 5.13. The van der Waals surface area contributed by atoms with Crippen LogP contribution in [0.3, 0.4) is 0 Å². The minimum Gasteiger partial charge on any atom is -0.465 e. The molecule has 2 heterocycles. The summed E-state index contributed by atoms with van der Waals surface area (Å²) in [5, 5.41) is 4.41. The molecular formula is C13H14BrN3O2. The Morgan fingerprint density at radius 1 is 1.26 bits per heavy atom. The number of carbonyl (C=O) groups is 1. The van der Waals surface area contributed by atoms with Gasteiger partial charge < -0.3 is 4.74 Å². The van der Waals surface area contributed by atoms with Crippen molar-refractivity contribution in [2.45, 2.75) is 20.8 Å². The molecule has 0 N–H and O–H groups in total. The lowest BCUT2D eigenvalue weighted by Crippen LogP contribution is -2.09. The van der Waals surface area contributed by atoms with Crippen molar-refractivity contribution in [2.24, 2.45) is 0 Å². The first kappa shape index (κ1) is 13.7. The number of ether oxygens (including phenoxy) is 1. The van der Waals surface area contributed by atoms with Gasteiger partial charge in [0.1, 0.15) is 0 Å². The molecule has 100 valence electrons. The Morgan fingerprint density at radius 2 is 1.95 bits per heavy atom. The summed E-state index contributed by atoms with van der Waals surface area (Å²) in [7, 11) is 1.35. The number of esters is 1. The molecule has 5 nitrogen and oxygen atoms in total. The van der Waals surface area contributed by atoms with Gasteiger partial charge in [-0.3, -0.25) is 0 Å². The van der Waals surface area contributed by atoms with Crippen LogP contribution in [0.1, 0.15) is 27.4 Å². The molecule has 0 bridgehead atoms. The van der Waals surface area contributed by atoms with Crippen molar-refractivity contribution < 1.29 is 9.53 Å². The minimum absolute atomic E-state index is 0.383. The molecule has 0 saturated carbocycles. The summed E-state index contributed by atoms with van der Waals surface area (Å²) in [5.41, 5.74) is 2.95. The highest BCUT2D eigenvalue weighted by atomic mass is 79.9. The predicted octanol–water partition coefficient (Wildman–Crippen LogP) is 2.74. The number of hydrogen-bond acceptors (Lipinski definition) is 4. The van der Waals surface area contributed by atoms with Gasteiger partial charge in [-0.25, -0.2) is 14.5 Å². The third-order valence-electron chi connectivity index (χ3n) is 2.90. The Morgan fingerprint density at radius 3 is 2.42 bits per heavy atom. The highest BCUT2D eigenvalue weighted by Gasteiger charge is 2.14.